The second-order valence-electron chi connectivity index (χ2n) is 5.77. The number of hydrogen-bond acceptors (Lipinski definition) is 4. The van der Waals surface area contributed by atoms with Crippen molar-refractivity contribution in [1.29, 1.82) is 0 Å². The average molecular weight is 367 g/mol. The predicted octanol–water partition coefficient (Wildman–Crippen LogP) is 4.56. The normalized spacial score (nSPS) is 10.3. The number of hydrogen-bond donors (Lipinski definition) is 2. The molecule has 1 heterocycles. The molecule has 0 saturated carbocycles. The van der Waals surface area contributed by atoms with Crippen LogP contribution in [0.15, 0.2) is 60.8 Å². The summed E-state index contributed by atoms with van der Waals surface area (Å²) in [5, 5.41) is 5.63. The number of nitrogens with zero attached hydrogens (tertiary/aromatic N) is 1. The van der Waals surface area contributed by atoms with Gasteiger partial charge in [0.15, 0.2) is 17.4 Å². The smallest absolute Gasteiger partial charge is 0.255 e. The molecule has 0 unspecified atom stereocenters. The maximum absolute atomic E-state index is 13.2. The molecule has 0 bridgehead atoms. The number of benzene rings is 2. The minimum atomic E-state index is -1.09. The van der Waals surface area contributed by atoms with Crippen molar-refractivity contribution in [1.82, 2.24) is 4.98 Å². The Morgan fingerprint density at radius 3 is 2.11 bits per heavy atom. The highest BCUT2D eigenvalue weighted by Gasteiger charge is 2.10. The lowest BCUT2D eigenvalue weighted by Crippen LogP contribution is -2.12. The SMILES string of the molecule is CC(=O)c1ccc(Nc2ccc(NC(=O)c3ccc(F)c(F)c3)cn2)cc1. The molecule has 3 rings (SSSR count). The first kappa shape index (κ1) is 18.2. The van der Waals surface area contributed by atoms with Gasteiger partial charge < -0.3 is 10.6 Å². The van der Waals surface area contributed by atoms with Crippen molar-refractivity contribution in [3.8, 4) is 0 Å². The molecule has 1 aromatic heterocycles. The third-order valence-corrected chi connectivity index (χ3v) is 3.77. The summed E-state index contributed by atoms with van der Waals surface area (Å²) < 4.78 is 26.1. The molecule has 136 valence electrons. The van der Waals surface area contributed by atoms with Crippen LogP contribution in [0.2, 0.25) is 0 Å². The highest BCUT2D eigenvalue weighted by atomic mass is 19.2. The van der Waals surface area contributed by atoms with Gasteiger partial charge >= 0.3 is 0 Å². The fraction of sp³-hybridized carbons (Fsp3) is 0.0500. The third kappa shape index (κ3) is 4.52. The summed E-state index contributed by atoms with van der Waals surface area (Å²) in [6.45, 7) is 1.50. The Kier molecular flexibility index (Phi) is 5.21. The number of rotatable bonds is 5. The number of amides is 1. The Balaban J connectivity index is 1.65. The molecule has 1 amide bonds. The molecule has 0 atom stereocenters. The third-order valence-electron chi connectivity index (χ3n) is 3.77. The Labute approximate surface area is 154 Å². The number of ketones is 1. The van der Waals surface area contributed by atoms with E-state index in [1.54, 1.807) is 36.4 Å². The minimum absolute atomic E-state index is 0.00154. The quantitative estimate of drug-likeness (QED) is 0.649. The maximum Gasteiger partial charge on any atom is 0.255 e. The van der Waals surface area contributed by atoms with Gasteiger partial charge in [0.1, 0.15) is 5.82 Å². The van der Waals surface area contributed by atoms with Gasteiger partial charge in [-0.25, -0.2) is 13.8 Å². The van der Waals surface area contributed by atoms with Crippen molar-refractivity contribution in [2.24, 2.45) is 0 Å². The van der Waals surface area contributed by atoms with Crippen LogP contribution in [0.3, 0.4) is 0 Å². The van der Waals surface area contributed by atoms with Gasteiger partial charge in [-0.2, -0.15) is 0 Å². The largest absolute Gasteiger partial charge is 0.340 e. The van der Waals surface area contributed by atoms with Gasteiger partial charge in [-0.15, -0.1) is 0 Å². The van der Waals surface area contributed by atoms with Gasteiger partial charge in [0.25, 0.3) is 5.91 Å². The number of Topliss-reactive ketones (excluding diaryl/α,β-unsaturated/α-hetero) is 1. The Morgan fingerprint density at radius 1 is 0.852 bits per heavy atom. The van der Waals surface area contributed by atoms with Crippen LogP contribution in [0.4, 0.5) is 26.0 Å². The van der Waals surface area contributed by atoms with Crippen molar-refractivity contribution < 1.29 is 18.4 Å². The zero-order chi connectivity index (χ0) is 19.4. The van der Waals surface area contributed by atoms with Crippen molar-refractivity contribution in [2.45, 2.75) is 6.92 Å². The molecule has 0 aliphatic heterocycles. The van der Waals surface area contributed by atoms with Gasteiger partial charge in [-0.3, -0.25) is 9.59 Å². The first-order valence-corrected chi connectivity index (χ1v) is 8.03. The summed E-state index contributed by atoms with van der Waals surface area (Å²) in [6.07, 6.45) is 1.43. The summed E-state index contributed by atoms with van der Waals surface area (Å²) in [4.78, 5) is 27.5. The average Bonchev–Trinajstić information content (AvgIpc) is 2.66. The summed E-state index contributed by atoms with van der Waals surface area (Å²) >= 11 is 0. The molecule has 0 saturated heterocycles. The summed E-state index contributed by atoms with van der Waals surface area (Å²) in [5.41, 5.74) is 1.78. The van der Waals surface area contributed by atoms with E-state index < -0.39 is 17.5 Å². The zero-order valence-corrected chi connectivity index (χ0v) is 14.3. The van der Waals surface area contributed by atoms with Crippen LogP contribution in [0.5, 0.6) is 0 Å². The molecule has 0 aliphatic rings. The van der Waals surface area contributed by atoms with Gasteiger partial charge in [-0.05, 0) is 61.5 Å². The van der Waals surface area contributed by atoms with E-state index in [1.165, 1.54) is 19.2 Å². The fourth-order valence-corrected chi connectivity index (χ4v) is 2.32. The topological polar surface area (TPSA) is 71.1 Å². The monoisotopic (exact) mass is 367 g/mol. The van der Waals surface area contributed by atoms with Crippen LogP contribution in [0.25, 0.3) is 0 Å². The summed E-state index contributed by atoms with van der Waals surface area (Å²) in [5.74, 6) is -2.15. The van der Waals surface area contributed by atoms with E-state index in [9.17, 15) is 18.4 Å². The lowest BCUT2D eigenvalue weighted by atomic mass is 10.1. The Hall–Kier alpha value is -3.61. The van der Waals surface area contributed by atoms with Gasteiger partial charge in [0, 0.05) is 16.8 Å². The van der Waals surface area contributed by atoms with E-state index in [-0.39, 0.29) is 11.3 Å². The lowest BCUT2D eigenvalue weighted by molar-refractivity contribution is 0.101. The molecule has 0 spiro atoms. The van der Waals surface area contributed by atoms with Crippen molar-refractivity contribution in [2.75, 3.05) is 10.6 Å². The summed E-state index contributed by atoms with van der Waals surface area (Å²) in [6, 6.07) is 13.1. The number of halogens is 2. The van der Waals surface area contributed by atoms with Crippen molar-refractivity contribution >= 4 is 28.9 Å². The molecule has 2 aromatic carbocycles. The lowest BCUT2D eigenvalue weighted by Gasteiger charge is -2.08. The van der Waals surface area contributed by atoms with Gasteiger partial charge in [-0.1, -0.05) is 0 Å². The molecule has 2 N–H and O–H groups in total. The standard InChI is InChI=1S/C20H15F2N3O2/c1-12(26)13-2-5-15(6-3-13)24-19-9-7-16(11-23-19)25-20(27)14-4-8-17(21)18(22)10-14/h2-11H,1H3,(H,23,24)(H,25,27). The highest BCUT2D eigenvalue weighted by molar-refractivity contribution is 6.04. The molecule has 0 aliphatic carbocycles. The molecule has 0 fully saturated rings. The molecule has 3 aromatic rings. The van der Waals surface area contributed by atoms with E-state index >= 15 is 0 Å². The number of nitrogens with one attached hydrogen (secondary N) is 2. The Morgan fingerprint density at radius 2 is 1.52 bits per heavy atom. The first-order valence-electron chi connectivity index (χ1n) is 8.03. The number of carbonyl (C=O) groups excluding carboxylic acids is 2. The van der Waals surface area contributed by atoms with Crippen LogP contribution in [0, 0.1) is 11.6 Å². The number of carbonyl (C=O) groups is 2. The molecular formula is C20H15F2N3O2. The van der Waals surface area contributed by atoms with E-state index in [1.807, 2.05) is 0 Å². The molecule has 5 nitrogen and oxygen atoms in total. The Bertz CT molecular complexity index is 987. The van der Waals surface area contributed by atoms with E-state index in [0.717, 1.165) is 17.8 Å². The summed E-state index contributed by atoms with van der Waals surface area (Å²) in [7, 11) is 0. The van der Waals surface area contributed by atoms with Crippen LogP contribution >= 0.6 is 0 Å². The van der Waals surface area contributed by atoms with E-state index in [4.69, 9.17) is 0 Å². The number of anilines is 3. The van der Waals surface area contributed by atoms with Crippen molar-refractivity contribution in [3.05, 3.63) is 83.6 Å². The maximum atomic E-state index is 13.2. The van der Waals surface area contributed by atoms with E-state index in [2.05, 4.69) is 15.6 Å². The molecule has 7 heteroatoms. The van der Waals surface area contributed by atoms with Gasteiger partial charge in [0.2, 0.25) is 0 Å². The van der Waals surface area contributed by atoms with Crippen LogP contribution in [0.1, 0.15) is 27.6 Å². The second kappa shape index (κ2) is 7.74. The van der Waals surface area contributed by atoms with E-state index in [0.29, 0.717) is 17.1 Å². The first-order chi connectivity index (χ1) is 12.9. The number of pyridine rings is 1. The van der Waals surface area contributed by atoms with Crippen LogP contribution < -0.4 is 10.6 Å². The molecular weight excluding hydrogens is 352 g/mol. The van der Waals surface area contributed by atoms with Gasteiger partial charge in [0.05, 0.1) is 11.9 Å². The molecule has 27 heavy (non-hydrogen) atoms. The van der Waals surface area contributed by atoms with Crippen LogP contribution in [-0.2, 0) is 0 Å². The second-order valence-corrected chi connectivity index (χ2v) is 5.77. The predicted molar refractivity (Wildman–Crippen MR) is 98.3 cm³/mol. The van der Waals surface area contributed by atoms with Crippen molar-refractivity contribution in [3.63, 3.8) is 0 Å². The number of aromatic nitrogens is 1. The minimum Gasteiger partial charge on any atom is -0.340 e. The molecule has 0 radical (unpaired) electrons. The highest BCUT2D eigenvalue weighted by Crippen LogP contribution is 2.18. The van der Waals surface area contributed by atoms with Crippen LogP contribution in [-0.4, -0.2) is 16.7 Å². The fourth-order valence-electron chi connectivity index (χ4n) is 2.32. The zero-order valence-electron chi connectivity index (χ0n) is 14.3.